The van der Waals surface area contributed by atoms with Crippen LogP contribution in [0.3, 0.4) is 0 Å². The summed E-state index contributed by atoms with van der Waals surface area (Å²) in [5.41, 5.74) is 5.37. The van der Waals surface area contributed by atoms with Gasteiger partial charge in [-0.2, -0.15) is 13.2 Å². The van der Waals surface area contributed by atoms with Crippen LogP contribution in [0.25, 0.3) is 16.7 Å². The highest BCUT2D eigenvalue weighted by Crippen LogP contribution is 2.36. The second kappa shape index (κ2) is 9.11. The molecule has 34 heavy (non-hydrogen) atoms. The molecule has 4 rings (SSSR count). The van der Waals surface area contributed by atoms with Gasteiger partial charge in [-0.1, -0.05) is 18.2 Å². The minimum atomic E-state index is -4.52. The Bertz CT molecular complexity index is 1450. The third-order valence-corrected chi connectivity index (χ3v) is 7.05. The van der Waals surface area contributed by atoms with E-state index in [2.05, 4.69) is 4.98 Å². The predicted molar refractivity (Wildman–Crippen MR) is 123 cm³/mol. The van der Waals surface area contributed by atoms with Crippen LogP contribution < -0.4 is 10.5 Å². The summed E-state index contributed by atoms with van der Waals surface area (Å²) in [5, 5.41) is 0. The number of aromatic nitrogens is 2. The molecule has 4 aromatic rings. The lowest BCUT2D eigenvalue weighted by molar-refractivity contribution is -0.136. The first-order chi connectivity index (χ1) is 16.1. The van der Waals surface area contributed by atoms with Crippen molar-refractivity contribution in [3.63, 3.8) is 0 Å². The van der Waals surface area contributed by atoms with Gasteiger partial charge in [0.25, 0.3) is 0 Å². The van der Waals surface area contributed by atoms with Gasteiger partial charge in [0, 0.05) is 6.07 Å². The summed E-state index contributed by atoms with van der Waals surface area (Å²) in [6, 6.07) is 16.8. The topological polar surface area (TPSA) is 87.2 Å². The molecular weight excluding hydrogens is 467 g/mol. The number of alkyl halides is 3. The molecule has 178 valence electrons. The molecule has 0 unspecified atom stereocenters. The number of sulfone groups is 1. The van der Waals surface area contributed by atoms with Crippen LogP contribution in [0.1, 0.15) is 17.8 Å². The Morgan fingerprint density at radius 3 is 2.38 bits per heavy atom. The summed E-state index contributed by atoms with van der Waals surface area (Å²) >= 11 is 0. The number of rotatable bonds is 7. The van der Waals surface area contributed by atoms with Gasteiger partial charge < -0.3 is 10.5 Å². The maximum absolute atomic E-state index is 13.4. The Morgan fingerprint density at radius 2 is 1.68 bits per heavy atom. The summed E-state index contributed by atoms with van der Waals surface area (Å²) < 4.78 is 72.7. The predicted octanol–water partition coefficient (Wildman–Crippen LogP) is 5.27. The van der Waals surface area contributed by atoms with E-state index in [9.17, 15) is 21.6 Å². The van der Waals surface area contributed by atoms with Gasteiger partial charge in [-0.25, -0.2) is 13.4 Å². The van der Waals surface area contributed by atoms with E-state index in [1.54, 1.807) is 54.0 Å². The Kier molecular flexibility index (Phi) is 6.37. The smallest absolute Gasteiger partial charge is 0.418 e. The Balaban J connectivity index is 1.69. The van der Waals surface area contributed by atoms with Crippen molar-refractivity contribution in [2.45, 2.75) is 24.4 Å². The molecule has 0 saturated carbocycles. The number of imidazole rings is 1. The first-order valence-corrected chi connectivity index (χ1v) is 12.1. The molecular formula is C24H22F3N3O3S. The van der Waals surface area contributed by atoms with E-state index < -0.39 is 21.6 Å². The fraction of sp³-hybridized carbons (Fsp3) is 0.208. The molecule has 1 aromatic heterocycles. The van der Waals surface area contributed by atoms with E-state index >= 15 is 0 Å². The van der Waals surface area contributed by atoms with E-state index in [-0.39, 0.29) is 22.7 Å². The number of hydrogen-bond donors (Lipinski definition) is 1. The normalized spacial score (nSPS) is 12.3. The SMILES string of the molecule is Cc1nc2c(C(F)(F)F)cccc2n1-c1cccc(Oc2cccc(S(=O)(=O)CCCN)c2)c1. The van der Waals surface area contributed by atoms with Gasteiger partial charge >= 0.3 is 6.18 Å². The number of hydrogen-bond acceptors (Lipinski definition) is 5. The van der Waals surface area contributed by atoms with E-state index in [0.717, 1.165) is 6.07 Å². The molecule has 2 N–H and O–H groups in total. The highest BCUT2D eigenvalue weighted by Gasteiger charge is 2.34. The maximum atomic E-state index is 13.4. The van der Waals surface area contributed by atoms with Crippen molar-refractivity contribution in [3.8, 4) is 17.2 Å². The van der Waals surface area contributed by atoms with Crippen molar-refractivity contribution >= 4 is 20.9 Å². The molecule has 0 radical (unpaired) electrons. The summed E-state index contributed by atoms with van der Waals surface area (Å²) in [7, 11) is -3.49. The fourth-order valence-electron chi connectivity index (χ4n) is 3.71. The number of halogens is 3. The van der Waals surface area contributed by atoms with Crippen LogP contribution in [-0.4, -0.2) is 30.3 Å². The van der Waals surface area contributed by atoms with Crippen molar-refractivity contribution in [2.75, 3.05) is 12.3 Å². The van der Waals surface area contributed by atoms with Gasteiger partial charge in [0.2, 0.25) is 0 Å². The number of fused-ring (bicyclic) bond motifs is 1. The summed E-state index contributed by atoms with van der Waals surface area (Å²) in [6.45, 7) is 1.90. The lowest BCUT2D eigenvalue weighted by Gasteiger charge is -2.12. The van der Waals surface area contributed by atoms with Crippen LogP contribution in [0.5, 0.6) is 11.5 Å². The molecule has 0 aliphatic carbocycles. The molecule has 0 atom stereocenters. The van der Waals surface area contributed by atoms with E-state index in [4.69, 9.17) is 10.5 Å². The number of ether oxygens (including phenoxy) is 1. The fourth-order valence-corrected chi connectivity index (χ4v) is 5.08. The van der Waals surface area contributed by atoms with Crippen molar-refractivity contribution in [2.24, 2.45) is 5.73 Å². The lowest BCUT2D eigenvalue weighted by atomic mass is 10.1. The quantitative estimate of drug-likeness (QED) is 0.382. The lowest BCUT2D eigenvalue weighted by Crippen LogP contribution is -2.11. The third kappa shape index (κ3) is 4.78. The Hall–Kier alpha value is -3.37. The number of aryl methyl sites for hydroxylation is 1. The van der Waals surface area contributed by atoms with Gasteiger partial charge in [0.15, 0.2) is 9.84 Å². The molecule has 0 bridgehead atoms. The minimum Gasteiger partial charge on any atom is -0.457 e. The average molecular weight is 490 g/mol. The van der Waals surface area contributed by atoms with Crippen molar-refractivity contribution in [1.29, 1.82) is 0 Å². The molecule has 0 aliphatic heterocycles. The van der Waals surface area contributed by atoms with Gasteiger partial charge in [0.1, 0.15) is 22.8 Å². The standard InChI is InChI=1S/C24H22F3N3O3S/c1-16-29-23-21(24(25,26)27)10-4-11-22(23)30(16)17-6-2-7-18(14-17)33-19-8-3-9-20(15-19)34(31,32)13-5-12-28/h2-4,6-11,14-15H,5,12-13,28H2,1H3. The molecule has 0 saturated heterocycles. The second-order valence-electron chi connectivity index (χ2n) is 7.70. The molecule has 1 heterocycles. The first kappa shape index (κ1) is 23.8. The van der Waals surface area contributed by atoms with E-state index in [1.807, 2.05) is 0 Å². The molecule has 0 spiro atoms. The number of benzene rings is 3. The first-order valence-electron chi connectivity index (χ1n) is 10.5. The minimum absolute atomic E-state index is 0.0602. The van der Waals surface area contributed by atoms with Gasteiger partial charge in [-0.15, -0.1) is 0 Å². The van der Waals surface area contributed by atoms with Crippen LogP contribution in [0.4, 0.5) is 13.2 Å². The zero-order valence-electron chi connectivity index (χ0n) is 18.2. The molecule has 10 heteroatoms. The summed E-state index contributed by atoms with van der Waals surface area (Å²) in [5.74, 6) is 1.03. The van der Waals surface area contributed by atoms with Gasteiger partial charge in [-0.05, 0) is 62.4 Å². The van der Waals surface area contributed by atoms with E-state index in [1.165, 1.54) is 18.2 Å². The van der Waals surface area contributed by atoms with Crippen LogP contribution >= 0.6 is 0 Å². The van der Waals surface area contributed by atoms with Crippen molar-refractivity contribution in [3.05, 3.63) is 78.1 Å². The average Bonchev–Trinajstić information content (AvgIpc) is 3.13. The zero-order chi connectivity index (χ0) is 24.5. The third-order valence-electron chi connectivity index (χ3n) is 5.25. The molecule has 0 fully saturated rings. The van der Waals surface area contributed by atoms with Crippen molar-refractivity contribution in [1.82, 2.24) is 9.55 Å². The largest absolute Gasteiger partial charge is 0.457 e. The summed E-state index contributed by atoms with van der Waals surface area (Å²) in [6.07, 6.45) is -4.17. The molecule has 0 amide bonds. The zero-order valence-corrected chi connectivity index (χ0v) is 19.0. The molecule has 0 aliphatic rings. The number of para-hydroxylation sites is 1. The number of nitrogens with two attached hydrogens (primary N) is 1. The molecule has 6 nitrogen and oxygen atoms in total. The number of nitrogens with zero attached hydrogens (tertiary/aromatic N) is 2. The van der Waals surface area contributed by atoms with Gasteiger partial charge in [-0.3, -0.25) is 4.57 Å². The highest BCUT2D eigenvalue weighted by molar-refractivity contribution is 7.91. The monoisotopic (exact) mass is 489 g/mol. The van der Waals surface area contributed by atoms with Crippen LogP contribution in [0, 0.1) is 6.92 Å². The second-order valence-corrected chi connectivity index (χ2v) is 9.81. The van der Waals surface area contributed by atoms with Crippen LogP contribution in [-0.2, 0) is 16.0 Å². The Labute approximate surface area is 194 Å². The van der Waals surface area contributed by atoms with Gasteiger partial charge in [0.05, 0.1) is 27.4 Å². The highest BCUT2D eigenvalue weighted by atomic mass is 32.2. The van der Waals surface area contributed by atoms with Crippen LogP contribution in [0.2, 0.25) is 0 Å². The summed E-state index contributed by atoms with van der Waals surface area (Å²) in [4.78, 5) is 4.29. The molecule has 3 aromatic carbocycles. The maximum Gasteiger partial charge on any atom is 0.418 e. The van der Waals surface area contributed by atoms with E-state index in [0.29, 0.717) is 34.9 Å². The Morgan fingerprint density at radius 1 is 1.00 bits per heavy atom. The van der Waals surface area contributed by atoms with Crippen molar-refractivity contribution < 1.29 is 26.3 Å². The van der Waals surface area contributed by atoms with Crippen LogP contribution in [0.15, 0.2) is 71.6 Å².